The molecular weight excluding hydrogens is 310 g/mol. The van der Waals surface area contributed by atoms with E-state index in [1.807, 2.05) is 0 Å². The van der Waals surface area contributed by atoms with Crippen LogP contribution in [0.1, 0.15) is 41.6 Å². The molecule has 1 N–H and O–H groups in total. The van der Waals surface area contributed by atoms with Crippen LogP contribution in [0, 0.1) is 0 Å². The number of furan rings is 1. The van der Waals surface area contributed by atoms with E-state index in [0.29, 0.717) is 11.3 Å². The quantitative estimate of drug-likeness (QED) is 0.479. The fourth-order valence-electron chi connectivity index (χ4n) is 2.20. The third-order valence-corrected chi connectivity index (χ3v) is 3.32. The number of carbonyl (C=O) groups is 3. The van der Waals surface area contributed by atoms with Gasteiger partial charge >= 0.3 is 5.97 Å². The highest BCUT2D eigenvalue weighted by Crippen LogP contribution is 2.25. The first-order valence-corrected chi connectivity index (χ1v) is 7.62. The zero-order chi connectivity index (χ0) is 17.5. The Kier molecular flexibility index (Phi) is 5.89. The van der Waals surface area contributed by atoms with Gasteiger partial charge in [0, 0.05) is 12.5 Å². The highest BCUT2D eigenvalue weighted by molar-refractivity contribution is 6.12. The molecule has 0 spiro atoms. The number of benzene rings is 1. The van der Waals surface area contributed by atoms with Gasteiger partial charge in [0.1, 0.15) is 11.5 Å². The molecule has 6 heteroatoms. The first kappa shape index (κ1) is 17.5. The second-order valence-corrected chi connectivity index (χ2v) is 5.13. The molecule has 1 aromatic carbocycles. The van der Waals surface area contributed by atoms with Crippen molar-refractivity contribution in [1.29, 1.82) is 0 Å². The van der Waals surface area contributed by atoms with Crippen LogP contribution in [-0.2, 0) is 20.9 Å². The lowest BCUT2D eigenvalue weighted by Crippen LogP contribution is -2.24. The Balaban J connectivity index is 2.28. The molecule has 2 rings (SSSR count). The van der Waals surface area contributed by atoms with Gasteiger partial charge in [-0.25, -0.2) is 0 Å². The maximum Gasteiger partial charge on any atom is 0.324 e. The number of ketones is 1. The van der Waals surface area contributed by atoms with Crippen molar-refractivity contribution in [1.82, 2.24) is 5.32 Å². The molecule has 0 bridgehead atoms. The van der Waals surface area contributed by atoms with Gasteiger partial charge in [-0.2, -0.15) is 0 Å². The average molecular weight is 329 g/mol. The Morgan fingerprint density at radius 3 is 2.46 bits per heavy atom. The van der Waals surface area contributed by atoms with E-state index in [1.54, 1.807) is 49.4 Å². The molecule has 0 aliphatic carbocycles. The molecule has 1 heterocycles. The van der Waals surface area contributed by atoms with Crippen LogP contribution in [0.2, 0.25) is 0 Å². The average Bonchev–Trinajstić information content (AvgIpc) is 3.02. The van der Waals surface area contributed by atoms with Gasteiger partial charge in [0.25, 0.3) is 0 Å². The lowest BCUT2D eigenvalue weighted by Gasteiger charge is -2.12. The van der Waals surface area contributed by atoms with Gasteiger partial charge in [0.2, 0.25) is 5.91 Å². The molecule has 6 nitrogen and oxygen atoms in total. The Morgan fingerprint density at radius 2 is 1.83 bits per heavy atom. The fourth-order valence-corrected chi connectivity index (χ4v) is 2.20. The summed E-state index contributed by atoms with van der Waals surface area (Å²) in [6.07, 6.45) is 0. The number of nitrogens with one attached hydrogen (secondary N) is 1. The fraction of sp³-hybridized carbons (Fsp3) is 0.278. The normalized spacial score (nSPS) is 11.6. The minimum atomic E-state index is -1.17. The third-order valence-electron chi connectivity index (χ3n) is 3.32. The first-order chi connectivity index (χ1) is 11.5. The van der Waals surface area contributed by atoms with Gasteiger partial charge in [0.05, 0.1) is 13.2 Å². The van der Waals surface area contributed by atoms with Gasteiger partial charge in [-0.15, -0.1) is 0 Å². The number of rotatable bonds is 7. The van der Waals surface area contributed by atoms with E-state index in [-0.39, 0.29) is 24.8 Å². The summed E-state index contributed by atoms with van der Waals surface area (Å²) in [4.78, 5) is 35.9. The molecular formula is C18H19NO5. The van der Waals surface area contributed by atoms with Crippen LogP contribution in [0.5, 0.6) is 0 Å². The second-order valence-electron chi connectivity index (χ2n) is 5.13. The van der Waals surface area contributed by atoms with E-state index >= 15 is 0 Å². The minimum absolute atomic E-state index is 0.164. The first-order valence-electron chi connectivity index (χ1n) is 7.62. The molecule has 0 saturated heterocycles. The number of esters is 1. The topological polar surface area (TPSA) is 85.6 Å². The lowest BCUT2D eigenvalue weighted by molar-refractivity contribution is -0.144. The second kappa shape index (κ2) is 8.10. The Hall–Kier alpha value is -2.89. The largest absolute Gasteiger partial charge is 0.465 e. The predicted octanol–water partition coefficient (Wildman–Crippen LogP) is 2.45. The molecule has 1 amide bonds. The molecule has 0 aliphatic rings. The molecule has 126 valence electrons. The van der Waals surface area contributed by atoms with E-state index in [4.69, 9.17) is 9.15 Å². The van der Waals surface area contributed by atoms with Crippen molar-refractivity contribution in [2.24, 2.45) is 0 Å². The van der Waals surface area contributed by atoms with Crippen molar-refractivity contribution in [2.45, 2.75) is 26.3 Å². The number of hydrogen-bond acceptors (Lipinski definition) is 5. The van der Waals surface area contributed by atoms with Crippen molar-refractivity contribution < 1.29 is 23.5 Å². The summed E-state index contributed by atoms with van der Waals surface area (Å²) < 4.78 is 10.6. The summed E-state index contributed by atoms with van der Waals surface area (Å²) in [6.45, 7) is 3.41. The summed E-state index contributed by atoms with van der Waals surface area (Å²) in [6, 6.07) is 11.7. The van der Waals surface area contributed by atoms with Crippen LogP contribution in [0.3, 0.4) is 0 Å². The molecule has 0 aliphatic heterocycles. The molecule has 2 aromatic rings. The van der Waals surface area contributed by atoms with E-state index in [9.17, 15) is 14.4 Å². The van der Waals surface area contributed by atoms with Crippen LogP contribution in [0.4, 0.5) is 0 Å². The summed E-state index contributed by atoms with van der Waals surface area (Å²) in [5, 5.41) is 2.60. The van der Waals surface area contributed by atoms with Gasteiger partial charge in [-0.1, -0.05) is 30.3 Å². The van der Waals surface area contributed by atoms with Crippen LogP contribution >= 0.6 is 0 Å². The van der Waals surface area contributed by atoms with Gasteiger partial charge < -0.3 is 14.5 Å². The third kappa shape index (κ3) is 4.32. The van der Waals surface area contributed by atoms with Crippen LogP contribution < -0.4 is 5.32 Å². The summed E-state index contributed by atoms with van der Waals surface area (Å²) in [5.41, 5.74) is 0.398. The summed E-state index contributed by atoms with van der Waals surface area (Å²) in [7, 11) is 0. The molecule has 1 aromatic heterocycles. The summed E-state index contributed by atoms with van der Waals surface area (Å²) in [5.74, 6) is -1.77. The Bertz CT molecular complexity index is 720. The molecule has 1 atom stereocenters. The number of carbonyl (C=O) groups excluding carboxylic acids is 3. The number of amides is 1. The van der Waals surface area contributed by atoms with Gasteiger partial charge in [-0.3, -0.25) is 14.4 Å². The zero-order valence-corrected chi connectivity index (χ0v) is 13.6. The van der Waals surface area contributed by atoms with E-state index in [2.05, 4.69) is 5.32 Å². The number of ether oxygens (including phenoxy) is 1. The van der Waals surface area contributed by atoms with Crippen molar-refractivity contribution >= 4 is 17.7 Å². The van der Waals surface area contributed by atoms with Crippen molar-refractivity contribution in [3.8, 4) is 0 Å². The Labute approximate surface area is 139 Å². The Morgan fingerprint density at radius 1 is 1.12 bits per heavy atom. The van der Waals surface area contributed by atoms with E-state index < -0.39 is 17.7 Å². The van der Waals surface area contributed by atoms with Crippen molar-refractivity contribution in [2.75, 3.05) is 6.61 Å². The smallest absolute Gasteiger partial charge is 0.324 e. The van der Waals surface area contributed by atoms with Crippen LogP contribution in [-0.4, -0.2) is 24.3 Å². The van der Waals surface area contributed by atoms with Gasteiger partial charge in [0.15, 0.2) is 11.7 Å². The van der Waals surface area contributed by atoms with Gasteiger partial charge in [-0.05, 0) is 19.1 Å². The van der Waals surface area contributed by atoms with Crippen molar-refractivity contribution in [3.63, 3.8) is 0 Å². The minimum Gasteiger partial charge on any atom is -0.465 e. The SMILES string of the molecule is CCOC(=O)C(C(=O)c1ccccc1)c1ccc(CNC(C)=O)o1. The van der Waals surface area contributed by atoms with Crippen LogP contribution in [0.25, 0.3) is 0 Å². The van der Waals surface area contributed by atoms with Crippen molar-refractivity contribution in [3.05, 3.63) is 59.5 Å². The predicted molar refractivity (Wildman–Crippen MR) is 86.4 cm³/mol. The number of hydrogen-bond donors (Lipinski definition) is 1. The highest BCUT2D eigenvalue weighted by Gasteiger charge is 2.33. The standard InChI is InChI=1S/C18H19NO5/c1-3-23-18(22)16(17(21)13-7-5-4-6-8-13)15-10-9-14(24-15)11-19-12(2)20/h4-10,16H,3,11H2,1-2H3,(H,19,20). The maximum atomic E-state index is 12.7. The zero-order valence-electron chi connectivity index (χ0n) is 13.6. The molecule has 0 saturated carbocycles. The lowest BCUT2D eigenvalue weighted by atomic mass is 9.95. The molecule has 24 heavy (non-hydrogen) atoms. The molecule has 0 radical (unpaired) electrons. The maximum absolute atomic E-state index is 12.7. The van der Waals surface area contributed by atoms with E-state index in [1.165, 1.54) is 6.92 Å². The highest BCUT2D eigenvalue weighted by atomic mass is 16.5. The molecule has 1 unspecified atom stereocenters. The summed E-state index contributed by atoms with van der Waals surface area (Å²) >= 11 is 0. The van der Waals surface area contributed by atoms with E-state index in [0.717, 1.165) is 0 Å². The number of Topliss-reactive ketones (excluding diaryl/α,β-unsaturated/α-hetero) is 1. The monoisotopic (exact) mass is 329 g/mol. The molecule has 0 fully saturated rings. The van der Waals surface area contributed by atoms with Crippen LogP contribution in [0.15, 0.2) is 46.9 Å².